The topological polar surface area (TPSA) is 18.5 Å². The standard InChI is InChI=1S/C10H11BrO2/c1-7-2-3-9-10(4-7)13-8(5-11)6-12-9/h2-4,8H,5-6H2,1H3/t8-/m1/s1. The number of aryl methyl sites for hydroxylation is 1. The number of benzene rings is 1. The summed E-state index contributed by atoms with van der Waals surface area (Å²) in [4.78, 5) is 0. The van der Waals surface area contributed by atoms with Crippen LogP contribution in [0.15, 0.2) is 18.2 Å². The second kappa shape index (κ2) is 3.58. The molecule has 0 saturated carbocycles. The Bertz CT molecular complexity index is 312. The van der Waals surface area contributed by atoms with Crippen molar-refractivity contribution >= 4 is 15.9 Å². The molecule has 1 heterocycles. The normalized spacial score (nSPS) is 20.0. The van der Waals surface area contributed by atoms with Gasteiger partial charge in [0.1, 0.15) is 12.7 Å². The fraction of sp³-hybridized carbons (Fsp3) is 0.400. The fourth-order valence-electron chi connectivity index (χ4n) is 1.30. The Morgan fingerprint density at radius 1 is 1.46 bits per heavy atom. The number of hydrogen-bond donors (Lipinski definition) is 0. The van der Waals surface area contributed by atoms with E-state index in [1.165, 1.54) is 5.56 Å². The largest absolute Gasteiger partial charge is 0.486 e. The van der Waals surface area contributed by atoms with E-state index >= 15 is 0 Å². The third kappa shape index (κ3) is 1.80. The molecule has 2 rings (SSSR count). The van der Waals surface area contributed by atoms with Gasteiger partial charge in [0.15, 0.2) is 11.5 Å². The van der Waals surface area contributed by atoms with E-state index in [9.17, 15) is 0 Å². The summed E-state index contributed by atoms with van der Waals surface area (Å²) in [5, 5.41) is 0.806. The predicted molar refractivity (Wildman–Crippen MR) is 54.9 cm³/mol. The lowest BCUT2D eigenvalue weighted by atomic mass is 10.2. The van der Waals surface area contributed by atoms with Gasteiger partial charge in [-0.2, -0.15) is 0 Å². The maximum absolute atomic E-state index is 5.69. The first kappa shape index (κ1) is 8.88. The van der Waals surface area contributed by atoms with E-state index in [0.717, 1.165) is 16.8 Å². The zero-order chi connectivity index (χ0) is 9.26. The maximum Gasteiger partial charge on any atom is 0.162 e. The Hall–Kier alpha value is -0.700. The lowest BCUT2D eigenvalue weighted by molar-refractivity contribution is 0.108. The Balaban J connectivity index is 2.27. The molecule has 0 aliphatic carbocycles. The van der Waals surface area contributed by atoms with Crippen molar-refractivity contribution in [1.29, 1.82) is 0 Å². The van der Waals surface area contributed by atoms with Crippen LogP contribution < -0.4 is 9.47 Å². The summed E-state index contributed by atoms with van der Waals surface area (Å²) in [6.07, 6.45) is 0.134. The molecule has 0 saturated heterocycles. The average Bonchev–Trinajstić information content (AvgIpc) is 2.16. The molecule has 70 valence electrons. The van der Waals surface area contributed by atoms with Crippen LogP contribution in [-0.4, -0.2) is 18.0 Å². The lowest BCUT2D eigenvalue weighted by Crippen LogP contribution is -2.30. The Kier molecular flexibility index (Phi) is 2.44. The van der Waals surface area contributed by atoms with Crippen LogP contribution in [0.1, 0.15) is 5.56 Å². The molecule has 1 aromatic rings. The molecule has 0 bridgehead atoms. The number of alkyl halides is 1. The summed E-state index contributed by atoms with van der Waals surface area (Å²) < 4.78 is 11.2. The highest BCUT2D eigenvalue weighted by Gasteiger charge is 2.19. The van der Waals surface area contributed by atoms with Gasteiger partial charge in [-0.05, 0) is 24.6 Å². The highest BCUT2D eigenvalue weighted by atomic mass is 79.9. The maximum atomic E-state index is 5.69. The van der Waals surface area contributed by atoms with Gasteiger partial charge in [-0.1, -0.05) is 22.0 Å². The summed E-state index contributed by atoms with van der Waals surface area (Å²) >= 11 is 3.38. The van der Waals surface area contributed by atoms with Gasteiger partial charge in [0.05, 0.1) is 0 Å². The Morgan fingerprint density at radius 3 is 3.08 bits per heavy atom. The van der Waals surface area contributed by atoms with E-state index in [1.807, 2.05) is 25.1 Å². The lowest BCUT2D eigenvalue weighted by Gasteiger charge is -2.25. The molecule has 0 N–H and O–H groups in total. The van der Waals surface area contributed by atoms with E-state index in [0.29, 0.717) is 6.61 Å². The molecule has 0 amide bonds. The number of ether oxygens (including phenoxy) is 2. The summed E-state index contributed by atoms with van der Waals surface area (Å²) in [7, 11) is 0. The minimum absolute atomic E-state index is 0.134. The molecule has 0 radical (unpaired) electrons. The van der Waals surface area contributed by atoms with Gasteiger partial charge >= 0.3 is 0 Å². The first-order valence-electron chi connectivity index (χ1n) is 4.25. The molecule has 3 heteroatoms. The minimum atomic E-state index is 0.134. The first-order valence-corrected chi connectivity index (χ1v) is 5.38. The zero-order valence-corrected chi connectivity index (χ0v) is 9.00. The van der Waals surface area contributed by atoms with Crippen LogP contribution in [-0.2, 0) is 0 Å². The SMILES string of the molecule is Cc1ccc2c(c1)O[C@H](CBr)CO2. The van der Waals surface area contributed by atoms with Gasteiger partial charge in [-0.3, -0.25) is 0 Å². The fourth-order valence-corrected chi connectivity index (χ4v) is 1.62. The number of rotatable bonds is 1. The number of hydrogen-bond acceptors (Lipinski definition) is 2. The number of fused-ring (bicyclic) bond motifs is 1. The molecular weight excluding hydrogens is 232 g/mol. The van der Waals surface area contributed by atoms with Crippen molar-refractivity contribution in [2.75, 3.05) is 11.9 Å². The molecular formula is C10H11BrO2. The molecule has 1 aromatic carbocycles. The van der Waals surface area contributed by atoms with Crippen molar-refractivity contribution in [2.45, 2.75) is 13.0 Å². The Labute approximate surface area is 86.0 Å². The van der Waals surface area contributed by atoms with Gasteiger partial charge in [0.25, 0.3) is 0 Å². The summed E-state index contributed by atoms with van der Waals surface area (Å²) in [6, 6.07) is 5.98. The van der Waals surface area contributed by atoms with Crippen LogP contribution in [0, 0.1) is 6.92 Å². The number of halogens is 1. The smallest absolute Gasteiger partial charge is 0.162 e. The van der Waals surface area contributed by atoms with Crippen LogP contribution in [0.4, 0.5) is 0 Å². The molecule has 1 aliphatic heterocycles. The Morgan fingerprint density at radius 2 is 2.31 bits per heavy atom. The summed E-state index contributed by atoms with van der Waals surface area (Å²) in [5.74, 6) is 1.71. The second-order valence-corrected chi connectivity index (χ2v) is 3.80. The highest BCUT2D eigenvalue weighted by molar-refractivity contribution is 9.09. The molecule has 0 fully saturated rings. The van der Waals surface area contributed by atoms with Crippen LogP contribution in [0.2, 0.25) is 0 Å². The van der Waals surface area contributed by atoms with Crippen molar-refractivity contribution in [3.63, 3.8) is 0 Å². The summed E-state index contributed by atoms with van der Waals surface area (Å²) in [5.41, 5.74) is 1.19. The van der Waals surface area contributed by atoms with E-state index in [1.54, 1.807) is 0 Å². The molecule has 13 heavy (non-hydrogen) atoms. The molecule has 1 atom stereocenters. The molecule has 0 aromatic heterocycles. The third-order valence-corrected chi connectivity index (χ3v) is 2.71. The van der Waals surface area contributed by atoms with Crippen LogP contribution in [0.5, 0.6) is 11.5 Å². The van der Waals surface area contributed by atoms with Crippen molar-refractivity contribution < 1.29 is 9.47 Å². The minimum Gasteiger partial charge on any atom is -0.486 e. The quantitative estimate of drug-likeness (QED) is 0.705. The van der Waals surface area contributed by atoms with Crippen molar-refractivity contribution in [1.82, 2.24) is 0 Å². The van der Waals surface area contributed by atoms with Gasteiger partial charge in [0.2, 0.25) is 0 Å². The monoisotopic (exact) mass is 242 g/mol. The van der Waals surface area contributed by atoms with Gasteiger partial charge in [-0.15, -0.1) is 0 Å². The van der Waals surface area contributed by atoms with Gasteiger partial charge in [0, 0.05) is 5.33 Å². The second-order valence-electron chi connectivity index (χ2n) is 3.16. The molecule has 1 aliphatic rings. The molecule has 2 nitrogen and oxygen atoms in total. The molecule has 0 spiro atoms. The average molecular weight is 243 g/mol. The van der Waals surface area contributed by atoms with Gasteiger partial charge in [-0.25, -0.2) is 0 Å². The van der Waals surface area contributed by atoms with Gasteiger partial charge < -0.3 is 9.47 Å². The summed E-state index contributed by atoms with van der Waals surface area (Å²) in [6.45, 7) is 2.67. The third-order valence-electron chi connectivity index (χ3n) is 1.99. The first-order chi connectivity index (χ1) is 6.29. The van der Waals surface area contributed by atoms with E-state index in [-0.39, 0.29) is 6.10 Å². The van der Waals surface area contributed by atoms with E-state index in [4.69, 9.17) is 9.47 Å². The van der Waals surface area contributed by atoms with Crippen molar-refractivity contribution in [2.24, 2.45) is 0 Å². The van der Waals surface area contributed by atoms with Crippen LogP contribution in [0.25, 0.3) is 0 Å². The highest BCUT2D eigenvalue weighted by Crippen LogP contribution is 2.32. The van der Waals surface area contributed by atoms with Crippen molar-refractivity contribution in [3.8, 4) is 11.5 Å². The van der Waals surface area contributed by atoms with E-state index < -0.39 is 0 Å². The predicted octanol–water partition coefficient (Wildman–Crippen LogP) is 2.53. The van der Waals surface area contributed by atoms with Crippen molar-refractivity contribution in [3.05, 3.63) is 23.8 Å². The van der Waals surface area contributed by atoms with E-state index in [2.05, 4.69) is 15.9 Å². The zero-order valence-electron chi connectivity index (χ0n) is 7.42. The van der Waals surface area contributed by atoms with Crippen LogP contribution >= 0.6 is 15.9 Å². The molecule has 0 unspecified atom stereocenters. The van der Waals surface area contributed by atoms with Crippen LogP contribution in [0.3, 0.4) is 0 Å².